The zero-order chi connectivity index (χ0) is 14.8. The highest BCUT2D eigenvalue weighted by Crippen LogP contribution is 2.36. The van der Waals surface area contributed by atoms with E-state index in [1.807, 2.05) is 37.3 Å². The number of rotatable bonds is 3. The van der Waals surface area contributed by atoms with Gasteiger partial charge in [-0.3, -0.25) is 4.79 Å². The highest BCUT2D eigenvalue weighted by Gasteiger charge is 2.20. The number of hydrogen-bond donors (Lipinski definition) is 2. The van der Waals surface area contributed by atoms with Crippen LogP contribution < -0.4 is 20.5 Å². The molecule has 3 rings (SSSR count). The van der Waals surface area contributed by atoms with Crippen molar-refractivity contribution in [2.45, 2.75) is 13.0 Å². The summed E-state index contributed by atoms with van der Waals surface area (Å²) in [5.41, 5.74) is 7.71. The number of hydrogen-bond acceptors (Lipinski definition) is 4. The van der Waals surface area contributed by atoms with E-state index in [1.165, 1.54) is 0 Å². The van der Waals surface area contributed by atoms with Crippen molar-refractivity contribution < 1.29 is 14.3 Å². The number of amides is 1. The van der Waals surface area contributed by atoms with E-state index in [0.717, 1.165) is 5.56 Å². The average Bonchev–Trinajstić information content (AvgIpc) is 2.94. The summed E-state index contributed by atoms with van der Waals surface area (Å²) in [6.45, 7) is 2.08. The number of benzene rings is 2. The number of anilines is 1. The predicted molar refractivity (Wildman–Crippen MR) is 79.3 cm³/mol. The van der Waals surface area contributed by atoms with Gasteiger partial charge in [0.25, 0.3) is 5.91 Å². The van der Waals surface area contributed by atoms with E-state index < -0.39 is 0 Å². The molecule has 0 aliphatic carbocycles. The van der Waals surface area contributed by atoms with Gasteiger partial charge < -0.3 is 20.5 Å². The Bertz CT molecular complexity index is 671. The molecule has 0 aromatic heterocycles. The molecule has 0 saturated heterocycles. The maximum Gasteiger partial charge on any atom is 0.253 e. The lowest BCUT2D eigenvalue weighted by atomic mass is 10.1. The second kappa shape index (κ2) is 5.36. The predicted octanol–water partition coefficient (Wildman–Crippen LogP) is 2.49. The van der Waals surface area contributed by atoms with Crippen LogP contribution in [0.15, 0.2) is 42.5 Å². The first-order chi connectivity index (χ1) is 10.1. The fourth-order valence-electron chi connectivity index (χ4n) is 2.25. The number of carbonyl (C=O) groups is 1. The van der Waals surface area contributed by atoms with Crippen molar-refractivity contribution in [3.8, 4) is 11.5 Å². The summed E-state index contributed by atoms with van der Waals surface area (Å²) in [6, 6.07) is 12.9. The molecule has 108 valence electrons. The van der Waals surface area contributed by atoms with Gasteiger partial charge in [0.15, 0.2) is 11.5 Å². The van der Waals surface area contributed by atoms with Crippen LogP contribution >= 0.6 is 0 Å². The molecule has 1 heterocycles. The van der Waals surface area contributed by atoms with Crippen LogP contribution in [0.5, 0.6) is 11.5 Å². The van der Waals surface area contributed by atoms with Crippen molar-refractivity contribution in [2.75, 3.05) is 12.5 Å². The van der Waals surface area contributed by atoms with Gasteiger partial charge in [0.2, 0.25) is 6.79 Å². The molecule has 3 N–H and O–H groups in total. The third kappa shape index (κ3) is 2.63. The van der Waals surface area contributed by atoms with Crippen molar-refractivity contribution in [1.82, 2.24) is 5.32 Å². The largest absolute Gasteiger partial charge is 0.454 e. The zero-order valence-electron chi connectivity index (χ0n) is 11.6. The summed E-state index contributed by atoms with van der Waals surface area (Å²) in [7, 11) is 0. The Balaban J connectivity index is 1.80. The number of nitrogens with one attached hydrogen (secondary N) is 1. The minimum atomic E-state index is -0.234. The fourth-order valence-corrected chi connectivity index (χ4v) is 2.25. The standard InChI is InChI=1S/C16H16N2O3/c1-10(11-5-3-2-4-6-11)18-16(19)12-7-14-15(8-13(12)17)21-9-20-14/h2-8,10H,9,17H2,1H3,(H,18,19)/t10-/m1/s1. The summed E-state index contributed by atoms with van der Waals surface area (Å²) < 4.78 is 10.5. The van der Waals surface area contributed by atoms with Crippen LogP contribution in [-0.2, 0) is 0 Å². The average molecular weight is 284 g/mol. The van der Waals surface area contributed by atoms with Gasteiger partial charge in [-0.1, -0.05) is 30.3 Å². The van der Waals surface area contributed by atoms with Crippen LogP contribution in [0.2, 0.25) is 0 Å². The van der Waals surface area contributed by atoms with E-state index in [2.05, 4.69) is 5.32 Å². The Morgan fingerprint density at radius 2 is 1.86 bits per heavy atom. The lowest BCUT2D eigenvalue weighted by Crippen LogP contribution is -2.27. The topological polar surface area (TPSA) is 73.6 Å². The molecule has 0 radical (unpaired) electrons. The molecule has 0 bridgehead atoms. The van der Waals surface area contributed by atoms with E-state index in [1.54, 1.807) is 12.1 Å². The molecule has 5 nitrogen and oxygen atoms in total. The third-order valence-corrected chi connectivity index (χ3v) is 3.44. The van der Waals surface area contributed by atoms with Gasteiger partial charge in [-0.25, -0.2) is 0 Å². The normalized spacial score (nSPS) is 13.8. The zero-order valence-corrected chi connectivity index (χ0v) is 11.6. The van der Waals surface area contributed by atoms with Crippen LogP contribution in [0.1, 0.15) is 28.9 Å². The van der Waals surface area contributed by atoms with Gasteiger partial charge in [0.05, 0.1) is 11.6 Å². The lowest BCUT2D eigenvalue weighted by molar-refractivity contribution is 0.0940. The molecular weight excluding hydrogens is 268 g/mol. The Morgan fingerprint density at radius 3 is 2.57 bits per heavy atom. The first-order valence-corrected chi connectivity index (χ1v) is 6.70. The maximum atomic E-state index is 12.4. The van der Waals surface area contributed by atoms with Crippen molar-refractivity contribution >= 4 is 11.6 Å². The molecule has 0 unspecified atom stereocenters. The smallest absolute Gasteiger partial charge is 0.253 e. The molecule has 1 aliphatic rings. The minimum absolute atomic E-state index is 0.108. The molecule has 2 aromatic carbocycles. The van der Waals surface area contributed by atoms with E-state index in [9.17, 15) is 4.79 Å². The number of fused-ring (bicyclic) bond motifs is 1. The molecule has 0 saturated carbocycles. The number of nitrogen functional groups attached to an aromatic ring is 1. The second-order valence-corrected chi connectivity index (χ2v) is 4.90. The summed E-state index contributed by atoms with van der Waals surface area (Å²) in [5, 5.41) is 2.93. The van der Waals surface area contributed by atoms with Crippen molar-refractivity contribution in [1.29, 1.82) is 0 Å². The number of ether oxygens (including phenoxy) is 2. The molecule has 0 spiro atoms. The molecule has 2 aromatic rings. The minimum Gasteiger partial charge on any atom is -0.454 e. The summed E-state index contributed by atoms with van der Waals surface area (Å²) in [4.78, 5) is 12.4. The molecular formula is C16H16N2O3. The molecule has 21 heavy (non-hydrogen) atoms. The molecule has 0 fully saturated rings. The van der Waals surface area contributed by atoms with Gasteiger partial charge in [-0.15, -0.1) is 0 Å². The highest BCUT2D eigenvalue weighted by molar-refractivity contribution is 6.00. The van der Waals surface area contributed by atoms with Crippen LogP contribution in [0.3, 0.4) is 0 Å². The van der Waals surface area contributed by atoms with Gasteiger partial charge in [0, 0.05) is 11.8 Å². The maximum absolute atomic E-state index is 12.4. The van der Waals surface area contributed by atoms with E-state index in [4.69, 9.17) is 15.2 Å². The van der Waals surface area contributed by atoms with Gasteiger partial charge in [-0.2, -0.15) is 0 Å². The van der Waals surface area contributed by atoms with Crippen LogP contribution in [-0.4, -0.2) is 12.7 Å². The van der Waals surface area contributed by atoms with Crippen molar-refractivity contribution in [3.63, 3.8) is 0 Å². The fraction of sp³-hybridized carbons (Fsp3) is 0.188. The Hall–Kier alpha value is -2.69. The van der Waals surface area contributed by atoms with Crippen molar-refractivity contribution in [3.05, 3.63) is 53.6 Å². The Morgan fingerprint density at radius 1 is 1.19 bits per heavy atom. The quantitative estimate of drug-likeness (QED) is 0.849. The first-order valence-electron chi connectivity index (χ1n) is 6.70. The third-order valence-electron chi connectivity index (χ3n) is 3.44. The summed E-state index contributed by atoms with van der Waals surface area (Å²) in [6.07, 6.45) is 0. The van der Waals surface area contributed by atoms with Crippen LogP contribution in [0.25, 0.3) is 0 Å². The molecule has 1 atom stereocenters. The first kappa shape index (κ1) is 13.3. The van der Waals surface area contributed by atoms with E-state index >= 15 is 0 Å². The number of carbonyl (C=O) groups excluding carboxylic acids is 1. The number of nitrogens with two attached hydrogens (primary N) is 1. The van der Waals surface area contributed by atoms with Crippen LogP contribution in [0, 0.1) is 0 Å². The second-order valence-electron chi connectivity index (χ2n) is 4.90. The van der Waals surface area contributed by atoms with Crippen LogP contribution in [0.4, 0.5) is 5.69 Å². The summed E-state index contributed by atoms with van der Waals surface area (Å²) in [5.74, 6) is 0.879. The molecule has 1 aliphatic heterocycles. The summed E-state index contributed by atoms with van der Waals surface area (Å²) >= 11 is 0. The Labute approximate surface area is 122 Å². The SMILES string of the molecule is C[C@@H](NC(=O)c1cc2c(cc1N)OCO2)c1ccccc1. The van der Waals surface area contributed by atoms with Gasteiger partial charge in [-0.05, 0) is 18.6 Å². The lowest BCUT2D eigenvalue weighted by Gasteiger charge is -2.15. The van der Waals surface area contributed by atoms with Gasteiger partial charge >= 0.3 is 0 Å². The van der Waals surface area contributed by atoms with Crippen molar-refractivity contribution in [2.24, 2.45) is 0 Å². The van der Waals surface area contributed by atoms with Gasteiger partial charge in [0.1, 0.15) is 0 Å². The van der Waals surface area contributed by atoms with E-state index in [0.29, 0.717) is 22.7 Å². The highest BCUT2D eigenvalue weighted by atomic mass is 16.7. The molecule has 5 heteroatoms. The Kier molecular flexibility index (Phi) is 3.39. The monoisotopic (exact) mass is 284 g/mol. The molecule has 1 amide bonds. The van der Waals surface area contributed by atoms with E-state index in [-0.39, 0.29) is 18.7 Å².